The van der Waals surface area contributed by atoms with E-state index in [0.29, 0.717) is 6.61 Å². The lowest BCUT2D eigenvalue weighted by atomic mass is 9.97. The third-order valence-electron chi connectivity index (χ3n) is 3.41. The molecule has 0 aromatic heterocycles. The lowest BCUT2D eigenvalue weighted by Crippen LogP contribution is -2.18. The first-order chi connectivity index (χ1) is 10.1. The van der Waals surface area contributed by atoms with E-state index in [2.05, 4.69) is 39.4 Å². The Kier molecular flexibility index (Phi) is 5.68. The van der Waals surface area contributed by atoms with Gasteiger partial charge in [-0.1, -0.05) is 35.9 Å². The molecule has 2 aromatic carbocycles. The number of aryl methyl sites for hydroxylation is 1. The van der Waals surface area contributed by atoms with Crippen molar-refractivity contribution in [2.75, 3.05) is 13.7 Å². The van der Waals surface area contributed by atoms with Crippen molar-refractivity contribution in [3.63, 3.8) is 0 Å². The predicted octanol–water partition coefficient (Wildman–Crippen LogP) is 5.12. The first-order valence-electron chi connectivity index (χ1n) is 6.93. The van der Waals surface area contributed by atoms with Crippen molar-refractivity contribution in [2.45, 2.75) is 19.9 Å². The molecule has 1 atom stereocenters. The van der Waals surface area contributed by atoms with E-state index < -0.39 is 0 Å². The highest BCUT2D eigenvalue weighted by Crippen LogP contribution is 2.34. The summed E-state index contributed by atoms with van der Waals surface area (Å²) in [4.78, 5) is 0. The standard InChI is InChI=1S/C17H19BrClNO/c1-4-21-15-9-8-12(10-14(15)18)17(20-3)13-7-5-6-11(2)16(13)19/h5-10,17,20H,4H2,1-3H3. The Morgan fingerprint density at radius 1 is 1.29 bits per heavy atom. The fraction of sp³-hybridized carbons (Fsp3) is 0.294. The van der Waals surface area contributed by atoms with E-state index >= 15 is 0 Å². The van der Waals surface area contributed by atoms with Crippen molar-refractivity contribution in [3.05, 3.63) is 62.6 Å². The minimum Gasteiger partial charge on any atom is -0.493 e. The Bertz CT molecular complexity index is 630. The molecule has 2 aromatic rings. The van der Waals surface area contributed by atoms with Crippen LogP contribution in [0.15, 0.2) is 40.9 Å². The number of rotatable bonds is 5. The molecule has 0 aliphatic carbocycles. The van der Waals surface area contributed by atoms with Crippen LogP contribution in [0.3, 0.4) is 0 Å². The van der Waals surface area contributed by atoms with Gasteiger partial charge in [0, 0.05) is 5.02 Å². The number of hydrogen-bond acceptors (Lipinski definition) is 2. The van der Waals surface area contributed by atoms with Gasteiger partial charge in [0.25, 0.3) is 0 Å². The van der Waals surface area contributed by atoms with Gasteiger partial charge in [0.15, 0.2) is 0 Å². The van der Waals surface area contributed by atoms with Gasteiger partial charge < -0.3 is 10.1 Å². The molecule has 1 N–H and O–H groups in total. The van der Waals surface area contributed by atoms with Crippen molar-refractivity contribution < 1.29 is 4.74 Å². The van der Waals surface area contributed by atoms with E-state index in [1.165, 1.54) is 0 Å². The maximum Gasteiger partial charge on any atom is 0.133 e. The van der Waals surface area contributed by atoms with Crippen LogP contribution in [0.5, 0.6) is 5.75 Å². The normalized spacial score (nSPS) is 12.2. The second kappa shape index (κ2) is 7.30. The second-order valence-corrected chi connectivity index (χ2v) is 6.05. The molecule has 2 nitrogen and oxygen atoms in total. The number of nitrogens with one attached hydrogen (secondary N) is 1. The van der Waals surface area contributed by atoms with E-state index in [1.807, 2.05) is 39.1 Å². The molecule has 0 heterocycles. The fourth-order valence-corrected chi connectivity index (χ4v) is 3.11. The fourth-order valence-electron chi connectivity index (χ4n) is 2.36. The van der Waals surface area contributed by atoms with E-state index in [0.717, 1.165) is 31.9 Å². The van der Waals surface area contributed by atoms with Crippen molar-refractivity contribution in [1.82, 2.24) is 5.32 Å². The van der Waals surface area contributed by atoms with Crippen molar-refractivity contribution in [1.29, 1.82) is 0 Å². The Labute approximate surface area is 139 Å². The Hall–Kier alpha value is -1.03. The van der Waals surface area contributed by atoms with E-state index in [1.54, 1.807) is 0 Å². The molecule has 21 heavy (non-hydrogen) atoms. The third-order valence-corrected chi connectivity index (χ3v) is 4.55. The van der Waals surface area contributed by atoms with Gasteiger partial charge in [0.1, 0.15) is 5.75 Å². The number of hydrogen-bond donors (Lipinski definition) is 1. The molecule has 0 saturated heterocycles. The van der Waals surface area contributed by atoms with Crippen molar-refractivity contribution >= 4 is 27.5 Å². The Balaban J connectivity index is 2.42. The topological polar surface area (TPSA) is 21.3 Å². The number of ether oxygens (including phenoxy) is 1. The summed E-state index contributed by atoms with van der Waals surface area (Å²) in [7, 11) is 1.94. The molecule has 112 valence electrons. The SMILES string of the molecule is CCOc1ccc(C(NC)c2cccc(C)c2Cl)cc1Br. The zero-order valence-electron chi connectivity index (χ0n) is 12.4. The van der Waals surface area contributed by atoms with Crippen molar-refractivity contribution in [2.24, 2.45) is 0 Å². The van der Waals surface area contributed by atoms with E-state index in [9.17, 15) is 0 Å². The molecule has 0 aliphatic rings. The predicted molar refractivity (Wildman–Crippen MR) is 92.4 cm³/mol. The van der Waals surface area contributed by atoms with Crippen LogP contribution in [0.2, 0.25) is 5.02 Å². The first-order valence-corrected chi connectivity index (χ1v) is 8.10. The van der Waals surface area contributed by atoms with Crippen LogP contribution in [-0.2, 0) is 0 Å². The molecule has 1 unspecified atom stereocenters. The van der Waals surface area contributed by atoms with Crippen LogP contribution >= 0.6 is 27.5 Å². The molecule has 0 saturated carbocycles. The van der Waals surface area contributed by atoms with Gasteiger partial charge in [-0.3, -0.25) is 0 Å². The molecule has 0 fully saturated rings. The van der Waals surface area contributed by atoms with Gasteiger partial charge in [-0.05, 0) is 65.6 Å². The quantitative estimate of drug-likeness (QED) is 0.791. The summed E-state index contributed by atoms with van der Waals surface area (Å²) in [5.74, 6) is 0.853. The highest BCUT2D eigenvalue weighted by Gasteiger charge is 2.17. The summed E-state index contributed by atoms with van der Waals surface area (Å²) in [6, 6.07) is 12.3. The van der Waals surface area contributed by atoms with E-state index in [4.69, 9.17) is 16.3 Å². The largest absolute Gasteiger partial charge is 0.493 e. The molecule has 0 aliphatic heterocycles. The highest BCUT2D eigenvalue weighted by atomic mass is 79.9. The highest BCUT2D eigenvalue weighted by molar-refractivity contribution is 9.10. The number of benzene rings is 2. The van der Waals surface area contributed by atoms with Crippen LogP contribution in [0.4, 0.5) is 0 Å². The van der Waals surface area contributed by atoms with Gasteiger partial charge in [0.2, 0.25) is 0 Å². The zero-order valence-corrected chi connectivity index (χ0v) is 14.8. The maximum absolute atomic E-state index is 6.46. The molecule has 0 spiro atoms. The van der Waals surface area contributed by atoms with Crippen LogP contribution in [-0.4, -0.2) is 13.7 Å². The first kappa shape index (κ1) is 16.3. The van der Waals surface area contributed by atoms with Crippen LogP contribution in [0.1, 0.15) is 29.7 Å². The number of halogens is 2. The van der Waals surface area contributed by atoms with Crippen LogP contribution in [0.25, 0.3) is 0 Å². The van der Waals surface area contributed by atoms with Gasteiger partial charge in [0.05, 0.1) is 17.1 Å². The molecular formula is C17H19BrClNO. The van der Waals surface area contributed by atoms with E-state index in [-0.39, 0.29) is 6.04 Å². The Morgan fingerprint density at radius 3 is 2.67 bits per heavy atom. The molecule has 0 amide bonds. The van der Waals surface area contributed by atoms with Gasteiger partial charge in [-0.15, -0.1) is 0 Å². The Morgan fingerprint density at radius 2 is 2.05 bits per heavy atom. The van der Waals surface area contributed by atoms with Gasteiger partial charge in [-0.2, -0.15) is 0 Å². The average Bonchev–Trinajstić information content (AvgIpc) is 2.47. The molecule has 4 heteroatoms. The summed E-state index contributed by atoms with van der Waals surface area (Å²) in [5, 5.41) is 4.14. The summed E-state index contributed by atoms with van der Waals surface area (Å²) < 4.78 is 6.51. The third kappa shape index (κ3) is 3.60. The summed E-state index contributed by atoms with van der Waals surface area (Å²) in [5.41, 5.74) is 3.30. The smallest absolute Gasteiger partial charge is 0.133 e. The lowest BCUT2D eigenvalue weighted by molar-refractivity contribution is 0.338. The maximum atomic E-state index is 6.46. The molecule has 2 rings (SSSR count). The second-order valence-electron chi connectivity index (χ2n) is 4.82. The monoisotopic (exact) mass is 367 g/mol. The summed E-state index contributed by atoms with van der Waals surface area (Å²) in [6.45, 7) is 4.65. The zero-order chi connectivity index (χ0) is 15.4. The molecule has 0 bridgehead atoms. The van der Waals surface area contributed by atoms with Crippen molar-refractivity contribution in [3.8, 4) is 5.75 Å². The van der Waals surface area contributed by atoms with Gasteiger partial charge >= 0.3 is 0 Å². The summed E-state index contributed by atoms with van der Waals surface area (Å²) in [6.07, 6.45) is 0. The van der Waals surface area contributed by atoms with Crippen LogP contribution < -0.4 is 10.1 Å². The molecule has 0 radical (unpaired) electrons. The summed E-state index contributed by atoms with van der Waals surface area (Å²) >= 11 is 10.0. The minimum atomic E-state index is 0.0457. The molecular weight excluding hydrogens is 350 g/mol. The van der Waals surface area contributed by atoms with Gasteiger partial charge in [-0.25, -0.2) is 0 Å². The van der Waals surface area contributed by atoms with Crippen LogP contribution in [0, 0.1) is 6.92 Å². The lowest BCUT2D eigenvalue weighted by Gasteiger charge is -2.20. The average molecular weight is 369 g/mol. The minimum absolute atomic E-state index is 0.0457.